The minimum Gasteiger partial charge on any atom is -0.495 e. The Labute approximate surface area is 244 Å². The number of pyridine rings is 1. The number of piperidine rings is 1. The Morgan fingerprint density at radius 3 is 2.56 bits per heavy atom. The van der Waals surface area contributed by atoms with Gasteiger partial charge in [0.15, 0.2) is 0 Å². The van der Waals surface area contributed by atoms with Gasteiger partial charge >= 0.3 is 6.18 Å². The fourth-order valence-electron chi connectivity index (χ4n) is 5.07. The van der Waals surface area contributed by atoms with E-state index in [-0.39, 0.29) is 58.5 Å². The molecule has 3 atom stereocenters. The predicted octanol–water partition coefficient (Wildman–Crippen LogP) is 3.43. The lowest BCUT2D eigenvalue weighted by Crippen LogP contribution is -2.56. The minimum atomic E-state index is -4.53. The summed E-state index contributed by atoms with van der Waals surface area (Å²) < 4.78 is 75.5. The number of hydrogen-bond donors (Lipinski definition) is 3. The number of methoxy groups -OCH3 is 1. The van der Waals surface area contributed by atoms with Gasteiger partial charge in [-0.1, -0.05) is 18.8 Å². The number of fused-ring (bicyclic) bond motifs is 1. The van der Waals surface area contributed by atoms with Crippen molar-refractivity contribution in [3.63, 3.8) is 0 Å². The number of alkyl halides is 4. The molecule has 1 aliphatic rings. The Hall–Kier alpha value is -4.38. The molecule has 0 bridgehead atoms. The Bertz CT molecular complexity index is 1570. The van der Waals surface area contributed by atoms with Crippen molar-refractivity contribution in [3.8, 4) is 17.6 Å². The number of anilines is 1. The molecule has 3 aromatic rings. The number of halogens is 5. The molecule has 0 saturated carbocycles. The van der Waals surface area contributed by atoms with Crippen LogP contribution in [0, 0.1) is 23.6 Å². The molecular weight excluding hydrogens is 575 g/mol. The van der Waals surface area contributed by atoms with Crippen LogP contribution in [0.1, 0.15) is 38.9 Å². The first-order chi connectivity index (χ1) is 20.3. The third kappa shape index (κ3) is 7.34. The summed E-state index contributed by atoms with van der Waals surface area (Å²) in [4.78, 5) is 31.1. The molecular formula is C29H31F5N6O3. The van der Waals surface area contributed by atoms with Gasteiger partial charge in [0.1, 0.15) is 23.4 Å². The molecule has 0 aliphatic carbocycles. The first kappa shape index (κ1) is 31.6. The van der Waals surface area contributed by atoms with Gasteiger partial charge in [0.25, 0.3) is 11.8 Å². The highest BCUT2D eigenvalue weighted by Crippen LogP contribution is 2.28. The van der Waals surface area contributed by atoms with Crippen molar-refractivity contribution in [2.45, 2.75) is 31.7 Å². The number of imidazole rings is 1. The lowest BCUT2D eigenvalue weighted by atomic mass is 9.92. The molecule has 2 aromatic heterocycles. The zero-order valence-electron chi connectivity index (χ0n) is 23.9. The number of nitrogens with zero attached hydrogens (tertiary/aromatic N) is 3. The van der Waals surface area contributed by atoms with Crippen molar-refractivity contribution in [2.75, 3.05) is 46.2 Å². The molecule has 1 saturated heterocycles. The lowest BCUT2D eigenvalue weighted by molar-refractivity contribution is -0.127. The van der Waals surface area contributed by atoms with E-state index in [0.29, 0.717) is 6.54 Å². The zero-order valence-corrected chi connectivity index (χ0v) is 23.9. The third-order valence-corrected chi connectivity index (χ3v) is 7.06. The van der Waals surface area contributed by atoms with Gasteiger partial charge in [-0.3, -0.25) is 9.59 Å². The van der Waals surface area contributed by atoms with Crippen LogP contribution in [-0.2, 0) is 6.42 Å². The highest BCUT2D eigenvalue weighted by molar-refractivity contribution is 6.00. The fourth-order valence-corrected chi connectivity index (χ4v) is 5.07. The number of carbonyl (C=O) groups is 2. The normalized spacial score (nSPS) is 19.0. The first-order valence-electron chi connectivity index (χ1n) is 13.3. The van der Waals surface area contributed by atoms with Crippen molar-refractivity contribution >= 4 is 23.1 Å². The molecule has 0 radical (unpaired) electrons. The summed E-state index contributed by atoms with van der Waals surface area (Å²) in [6, 6.07) is 2.90. The van der Waals surface area contributed by atoms with Crippen LogP contribution in [0.25, 0.3) is 5.65 Å². The topological polar surface area (TPSA) is 100 Å². The van der Waals surface area contributed by atoms with Gasteiger partial charge in [0, 0.05) is 44.2 Å². The zero-order chi connectivity index (χ0) is 31.5. The maximum absolute atomic E-state index is 14.8. The van der Waals surface area contributed by atoms with E-state index in [1.165, 1.54) is 32.5 Å². The van der Waals surface area contributed by atoms with Crippen LogP contribution >= 0.6 is 0 Å². The first-order valence-corrected chi connectivity index (χ1v) is 13.3. The smallest absolute Gasteiger partial charge is 0.394 e. The van der Waals surface area contributed by atoms with E-state index in [0.717, 1.165) is 16.7 Å². The van der Waals surface area contributed by atoms with Crippen molar-refractivity contribution < 1.29 is 36.3 Å². The van der Waals surface area contributed by atoms with Crippen molar-refractivity contribution in [1.82, 2.24) is 24.9 Å². The summed E-state index contributed by atoms with van der Waals surface area (Å²) >= 11 is 0. The maximum Gasteiger partial charge on any atom is 0.394 e. The summed E-state index contributed by atoms with van der Waals surface area (Å²) in [5.74, 6) is 3.46. The summed E-state index contributed by atoms with van der Waals surface area (Å²) in [6.07, 6.45) is -4.78. The summed E-state index contributed by atoms with van der Waals surface area (Å²) in [5, 5.41) is 7.91. The van der Waals surface area contributed by atoms with E-state index in [4.69, 9.17) is 4.74 Å². The van der Waals surface area contributed by atoms with Crippen LogP contribution in [0.2, 0.25) is 0 Å². The molecule has 14 heteroatoms. The standard InChI is InChI=1S/C29H31F5N6O3/c1-16-13-39(3)15-22(31)25(16)38-28(42)20-8-17(14-40-18(11-29(32,33)34)12-37-26(20)40)6-5-7-36-23-10-21(30)19(27(41)35-2)9-24(23)43-4/h8-10,12,14,16,22,25,36H,7,11,13,15H2,1-4H3,(H,35,41)(H,38,42)/t16-,22-,25+/m0/s1. The second-order valence-corrected chi connectivity index (χ2v) is 10.4. The van der Waals surface area contributed by atoms with E-state index in [1.54, 1.807) is 7.05 Å². The molecule has 1 aliphatic heterocycles. The van der Waals surface area contributed by atoms with E-state index in [9.17, 15) is 31.5 Å². The Morgan fingerprint density at radius 1 is 1.16 bits per heavy atom. The lowest BCUT2D eigenvalue weighted by Gasteiger charge is -2.37. The van der Waals surface area contributed by atoms with E-state index >= 15 is 0 Å². The summed E-state index contributed by atoms with van der Waals surface area (Å²) in [5.41, 5.74) is -0.0766. The monoisotopic (exact) mass is 606 g/mol. The van der Waals surface area contributed by atoms with E-state index in [2.05, 4.69) is 32.8 Å². The molecule has 0 unspecified atom stereocenters. The summed E-state index contributed by atoms with van der Waals surface area (Å²) in [6.45, 7) is 2.44. The molecule has 4 rings (SSSR count). The van der Waals surface area contributed by atoms with Gasteiger partial charge in [0.05, 0.1) is 48.6 Å². The van der Waals surface area contributed by atoms with Crippen LogP contribution in [0.5, 0.6) is 5.75 Å². The van der Waals surface area contributed by atoms with Crippen molar-refractivity contribution in [2.24, 2.45) is 5.92 Å². The van der Waals surface area contributed by atoms with Gasteiger partial charge < -0.3 is 30.0 Å². The minimum absolute atomic E-state index is 0.0205. The van der Waals surface area contributed by atoms with Gasteiger partial charge in [0.2, 0.25) is 0 Å². The van der Waals surface area contributed by atoms with Crippen LogP contribution in [0.3, 0.4) is 0 Å². The molecule has 9 nitrogen and oxygen atoms in total. The second kappa shape index (κ2) is 12.9. The molecule has 230 valence electrons. The highest BCUT2D eigenvalue weighted by atomic mass is 19.4. The number of rotatable bonds is 7. The van der Waals surface area contributed by atoms with Gasteiger partial charge in [-0.05, 0) is 25.1 Å². The van der Waals surface area contributed by atoms with Crippen LogP contribution in [0.15, 0.2) is 30.6 Å². The molecule has 3 heterocycles. The highest BCUT2D eigenvalue weighted by Gasteiger charge is 2.35. The Kier molecular flexibility index (Phi) is 9.44. The second-order valence-electron chi connectivity index (χ2n) is 10.4. The number of nitrogens with one attached hydrogen (secondary N) is 3. The third-order valence-electron chi connectivity index (χ3n) is 7.06. The van der Waals surface area contributed by atoms with E-state index < -0.39 is 42.4 Å². The number of benzene rings is 1. The SMILES string of the molecule is CNC(=O)c1cc(OC)c(NCC#Cc2cc(C(=O)N[C@@H]3[C@@H](C)CN(C)C[C@@H]3F)c3ncc(CC(F)(F)F)n3c2)cc1F. The van der Waals surface area contributed by atoms with Crippen LogP contribution in [-0.4, -0.2) is 85.3 Å². The van der Waals surface area contributed by atoms with Gasteiger partial charge in [-0.25, -0.2) is 13.8 Å². The molecule has 1 fully saturated rings. The molecule has 0 spiro atoms. The van der Waals surface area contributed by atoms with Gasteiger partial charge in [-0.15, -0.1) is 0 Å². The van der Waals surface area contributed by atoms with Crippen LogP contribution in [0.4, 0.5) is 27.6 Å². The number of likely N-dealkylation sites (tertiary alicyclic amines) is 1. The Balaban J connectivity index is 1.63. The molecule has 2 amide bonds. The summed E-state index contributed by atoms with van der Waals surface area (Å²) in [7, 11) is 4.49. The number of ether oxygens (including phenoxy) is 1. The number of hydrogen-bond acceptors (Lipinski definition) is 6. The quantitative estimate of drug-likeness (QED) is 0.282. The molecule has 1 aromatic carbocycles. The van der Waals surface area contributed by atoms with Crippen molar-refractivity contribution in [3.05, 3.63) is 58.8 Å². The number of carbonyl (C=O) groups excluding carboxylic acids is 2. The largest absolute Gasteiger partial charge is 0.495 e. The Morgan fingerprint density at radius 2 is 1.91 bits per heavy atom. The maximum atomic E-state index is 14.8. The van der Waals surface area contributed by atoms with Crippen molar-refractivity contribution in [1.29, 1.82) is 0 Å². The number of aromatic nitrogens is 2. The predicted molar refractivity (Wildman–Crippen MR) is 149 cm³/mol. The average Bonchev–Trinajstić information content (AvgIpc) is 3.33. The molecule has 43 heavy (non-hydrogen) atoms. The molecule has 3 N–H and O–H groups in total. The fraction of sp³-hybridized carbons (Fsp3) is 0.414. The number of amides is 2. The average molecular weight is 607 g/mol. The van der Waals surface area contributed by atoms with E-state index in [1.807, 2.05) is 11.8 Å². The van der Waals surface area contributed by atoms with Crippen LogP contribution < -0.4 is 20.7 Å². The van der Waals surface area contributed by atoms with Gasteiger partial charge in [-0.2, -0.15) is 13.2 Å².